The molecule has 2 fully saturated rings. The van der Waals surface area contributed by atoms with Crippen LogP contribution in [0.1, 0.15) is 35.1 Å². The maximum atomic E-state index is 12.0. The van der Waals surface area contributed by atoms with Gasteiger partial charge in [0.1, 0.15) is 35.2 Å². The van der Waals surface area contributed by atoms with E-state index in [2.05, 4.69) is 57.3 Å². The summed E-state index contributed by atoms with van der Waals surface area (Å²) in [4.78, 5) is 8.71. The first-order chi connectivity index (χ1) is 26.3. The highest BCUT2D eigenvalue weighted by Crippen LogP contribution is 2.36. The molecule has 2 saturated heterocycles. The van der Waals surface area contributed by atoms with Gasteiger partial charge >= 0.3 is 0 Å². The highest BCUT2D eigenvalue weighted by atomic mass is 35.7. The van der Waals surface area contributed by atoms with Crippen molar-refractivity contribution in [1.82, 2.24) is 9.62 Å². The molecule has 4 heterocycles. The summed E-state index contributed by atoms with van der Waals surface area (Å²) >= 11 is 0. The minimum atomic E-state index is -3.43. The molecular weight excluding hydrogens is 764 g/mol. The van der Waals surface area contributed by atoms with Crippen molar-refractivity contribution in [3.8, 4) is 45.3 Å². The molecule has 8 rings (SSSR count). The average Bonchev–Trinajstić information content (AvgIpc) is 4.01. The topological polar surface area (TPSA) is 167 Å². The Morgan fingerprint density at radius 1 is 0.727 bits per heavy atom. The third-order valence-electron chi connectivity index (χ3n) is 9.30. The van der Waals surface area contributed by atoms with Crippen LogP contribution in [0.5, 0.6) is 23.0 Å². The molecule has 15 heteroatoms. The van der Waals surface area contributed by atoms with E-state index in [1.165, 1.54) is 9.87 Å². The van der Waals surface area contributed by atoms with E-state index in [-0.39, 0.29) is 23.7 Å². The third-order valence-corrected chi connectivity index (χ3v) is 11.5. The van der Waals surface area contributed by atoms with E-state index >= 15 is 0 Å². The number of sulfonamides is 1. The lowest BCUT2D eigenvalue weighted by atomic mass is 9.99. The maximum absolute atomic E-state index is 12.0. The van der Waals surface area contributed by atoms with Gasteiger partial charge in [-0.15, -0.1) is 0 Å². The number of nitrogens with one attached hydrogen (secondary N) is 1. The molecule has 4 aromatic carbocycles. The number of phenols is 2. The lowest BCUT2D eigenvalue weighted by Crippen LogP contribution is -2.29. The second kappa shape index (κ2) is 17.2. The number of phenolic OH excluding ortho intramolecular Hbond substituents is 2. The smallest absolute Gasteiger partial charge is 0.253 e. The average molecular weight is 805 g/mol. The van der Waals surface area contributed by atoms with E-state index < -0.39 is 19.1 Å². The Morgan fingerprint density at radius 2 is 1.22 bits per heavy atom. The molecule has 0 saturated carbocycles. The molecule has 55 heavy (non-hydrogen) atoms. The van der Waals surface area contributed by atoms with E-state index in [0.717, 1.165) is 69.6 Å². The van der Waals surface area contributed by atoms with Crippen LogP contribution in [0.2, 0.25) is 0 Å². The number of aliphatic imine (C=N–C) groups is 2. The predicted octanol–water partition coefficient (Wildman–Crippen LogP) is 6.35. The zero-order chi connectivity index (χ0) is 39.2. The Kier molecular flexibility index (Phi) is 12.4. The highest BCUT2D eigenvalue weighted by molar-refractivity contribution is 8.16. The lowest BCUT2D eigenvalue weighted by Gasteiger charge is -2.18. The van der Waals surface area contributed by atoms with E-state index in [0.29, 0.717) is 43.8 Å². The van der Waals surface area contributed by atoms with Gasteiger partial charge < -0.3 is 25.0 Å². The third kappa shape index (κ3) is 10.2. The van der Waals surface area contributed by atoms with E-state index in [1.54, 1.807) is 30.5 Å². The zero-order valence-corrected chi connectivity index (χ0v) is 32.2. The minimum Gasteiger partial charge on any atom is -0.508 e. The Labute approximate surface area is 325 Å². The summed E-state index contributed by atoms with van der Waals surface area (Å²) < 4.78 is 57.0. The predicted molar refractivity (Wildman–Crippen MR) is 216 cm³/mol. The van der Waals surface area contributed by atoms with E-state index in [1.807, 2.05) is 36.5 Å². The molecule has 2 atom stereocenters. The van der Waals surface area contributed by atoms with Crippen LogP contribution in [0.4, 0.5) is 0 Å². The fraction of sp³-hybridized carbons (Fsp3) is 0.250. The molecule has 0 aliphatic carbocycles. The summed E-state index contributed by atoms with van der Waals surface area (Å²) in [6.45, 7) is 10.2. The number of aromatic hydroxyl groups is 2. The largest absolute Gasteiger partial charge is 0.508 e. The molecule has 288 valence electrons. The molecule has 0 radical (unpaired) electrons. The van der Waals surface area contributed by atoms with Gasteiger partial charge in [-0.3, -0.25) is 9.98 Å². The van der Waals surface area contributed by atoms with Gasteiger partial charge in [0.2, 0.25) is 10.0 Å². The monoisotopic (exact) mass is 804 g/mol. The van der Waals surface area contributed by atoms with E-state index in [4.69, 9.17) is 9.47 Å². The highest BCUT2D eigenvalue weighted by Gasteiger charge is 2.32. The lowest BCUT2D eigenvalue weighted by molar-refractivity contribution is 0.215. The van der Waals surface area contributed by atoms with Gasteiger partial charge in [-0.25, -0.2) is 16.8 Å². The second-order valence-electron chi connectivity index (χ2n) is 13.1. The van der Waals surface area contributed by atoms with Crippen LogP contribution in [0, 0.1) is 0 Å². The summed E-state index contributed by atoms with van der Waals surface area (Å²) in [5, 5.41) is 23.9. The van der Waals surface area contributed by atoms with Crippen molar-refractivity contribution in [1.29, 1.82) is 0 Å². The fourth-order valence-corrected chi connectivity index (χ4v) is 7.39. The molecule has 4 aliphatic rings. The van der Waals surface area contributed by atoms with Crippen LogP contribution < -0.4 is 14.8 Å². The van der Waals surface area contributed by atoms with Crippen LogP contribution in [-0.2, 0) is 32.2 Å². The van der Waals surface area contributed by atoms with Crippen LogP contribution in [0.15, 0.2) is 107 Å². The molecule has 3 N–H and O–H groups in total. The molecule has 0 amide bonds. The van der Waals surface area contributed by atoms with Gasteiger partial charge in [0.15, 0.2) is 0 Å². The standard InChI is InChI=1S/C20H20N2O4S.C18H18N2O2.C2H3ClO2S/c1-2-27(24,25)22-8-7-18(13-22)26-20-10-15(9-16-11-21-12-19(16)20)14-3-5-17(23)6-4-14;21-15-3-1-12(2-4-15)13-7-14-9-20-11-17(14)18(8-13)22-16-5-6-19-10-16;1-2-6(3,4)5/h2-6,9-10,12,18,23H,1,7-8,11,13H2;1-4,7-8,11,16,19,21H,5-6,9-10H2;2H,1H2/t18-;16-;/m00./s1. The SMILES string of the molecule is C=CS(=O)(=O)Cl.C=CS(=O)(=O)N1CC[C@H](Oc2cc(-c3ccc(O)cc3)cc3c2C=NC3)C1.Oc1ccc(-c2cc3c(c(O[C@H]4CCNC4)c2)C=NC3)cc1. The number of ether oxygens (including phenoxy) is 2. The van der Waals surface area contributed by atoms with Crippen molar-refractivity contribution >= 4 is 42.2 Å². The zero-order valence-electron chi connectivity index (χ0n) is 29.8. The van der Waals surface area contributed by atoms with Crippen molar-refractivity contribution in [3.05, 3.63) is 119 Å². The number of fused-ring (bicyclic) bond motifs is 2. The van der Waals surface area contributed by atoms with E-state index in [9.17, 15) is 27.0 Å². The van der Waals surface area contributed by atoms with Gasteiger partial charge in [-0.05, 0) is 101 Å². The van der Waals surface area contributed by atoms with Crippen LogP contribution >= 0.6 is 10.7 Å². The first-order valence-corrected chi connectivity index (χ1v) is 21.4. The molecular formula is C40H41ClN4O8S2. The number of hydrogen-bond acceptors (Lipinski definition) is 11. The Hall–Kier alpha value is -4.99. The van der Waals surface area contributed by atoms with Gasteiger partial charge in [0.25, 0.3) is 9.05 Å². The molecule has 4 aliphatic heterocycles. The molecule has 0 aromatic heterocycles. The summed E-state index contributed by atoms with van der Waals surface area (Å²) in [6.07, 6.45) is 5.39. The summed E-state index contributed by atoms with van der Waals surface area (Å²) in [7, 11) is -2.28. The molecule has 0 bridgehead atoms. The summed E-state index contributed by atoms with van der Waals surface area (Å²) in [6, 6.07) is 22.5. The van der Waals surface area contributed by atoms with Gasteiger partial charge in [-0.1, -0.05) is 37.4 Å². The number of halogens is 1. The molecule has 12 nitrogen and oxygen atoms in total. The Bertz CT molecular complexity index is 2310. The number of nitrogens with zero attached hydrogens (tertiary/aromatic N) is 3. The van der Waals surface area contributed by atoms with Crippen molar-refractivity contribution in [2.24, 2.45) is 9.98 Å². The number of hydrogen-bond donors (Lipinski definition) is 3. The fourth-order valence-electron chi connectivity index (χ4n) is 6.45. The molecule has 0 unspecified atom stereocenters. The van der Waals surface area contributed by atoms with Gasteiger partial charge in [-0.2, -0.15) is 4.31 Å². The minimum absolute atomic E-state index is 0.215. The quantitative estimate of drug-likeness (QED) is 0.164. The second-order valence-corrected chi connectivity index (χ2v) is 17.6. The van der Waals surface area contributed by atoms with Crippen LogP contribution in [0.3, 0.4) is 0 Å². The van der Waals surface area contributed by atoms with Crippen LogP contribution in [0.25, 0.3) is 22.3 Å². The molecule has 4 aromatic rings. The summed E-state index contributed by atoms with van der Waals surface area (Å²) in [5.41, 5.74) is 8.44. The Morgan fingerprint density at radius 3 is 1.65 bits per heavy atom. The first-order valence-electron chi connectivity index (χ1n) is 17.5. The van der Waals surface area contributed by atoms with Crippen molar-refractivity contribution in [3.63, 3.8) is 0 Å². The van der Waals surface area contributed by atoms with Crippen molar-refractivity contribution in [2.75, 3.05) is 26.2 Å². The van der Waals surface area contributed by atoms with Gasteiger partial charge in [0.05, 0.1) is 19.6 Å². The molecule has 0 spiro atoms. The van der Waals surface area contributed by atoms with Crippen molar-refractivity contribution in [2.45, 2.75) is 38.1 Å². The Balaban J connectivity index is 0.000000166. The van der Waals surface area contributed by atoms with Gasteiger partial charge in [0, 0.05) is 58.1 Å². The number of benzene rings is 4. The van der Waals surface area contributed by atoms with Crippen LogP contribution in [-0.4, -0.2) is 82.2 Å². The number of rotatable bonds is 9. The maximum Gasteiger partial charge on any atom is 0.253 e. The first kappa shape index (κ1) is 39.7. The normalized spacial score (nSPS) is 18.3. The van der Waals surface area contributed by atoms with Crippen molar-refractivity contribution < 1.29 is 36.5 Å². The summed E-state index contributed by atoms with van der Waals surface area (Å²) in [5.74, 6) is 2.12.